The number of hydrogen-bond acceptors (Lipinski definition) is 5. The van der Waals surface area contributed by atoms with Crippen molar-refractivity contribution in [2.45, 2.75) is 32.6 Å². The third-order valence-electron chi connectivity index (χ3n) is 3.26. The van der Waals surface area contributed by atoms with Crippen LogP contribution in [0.25, 0.3) is 5.65 Å². The number of fused-ring (bicyclic) bond motifs is 1. The van der Waals surface area contributed by atoms with E-state index in [1.165, 1.54) is 0 Å². The summed E-state index contributed by atoms with van der Waals surface area (Å²) < 4.78 is 1.71. The Bertz CT molecular complexity index is 624. The lowest BCUT2D eigenvalue weighted by Gasteiger charge is -2.07. The lowest BCUT2D eigenvalue weighted by Crippen LogP contribution is -2.27. The summed E-state index contributed by atoms with van der Waals surface area (Å²) >= 11 is 0. The second kappa shape index (κ2) is 6.94. The zero-order valence-electron chi connectivity index (χ0n) is 12.0. The number of nitrogens with one attached hydrogen (secondary N) is 2. The monoisotopic (exact) mass is 292 g/mol. The molecule has 2 rings (SSSR count). The number of carbonyl (C=O) groups is 1. The van der Waals surface area contributed by atoms with Crippen molar-refractivity contribution in [2.24, 2.45) is 0 Å². The topological polar surface area (TPSA) is 98.9 Å². The van der Waals surface area contributed by atoms with Crippen LogP contribution in [0.1, 0.15) is 31.9 Å². The summed E-state index contributed by atoms with van der Waals surface area (Å²) in [5.74, 6) is 0.221. The maximum Gasteiger partial charge on any atom is 0.262 e. The van der Waals surface area contributed by atoms with Gasteiger partial charge in [0.2, 0.25) is 0 Å². The highest BCUT2D eigenvalue weighted by atomic mass is 16.5. The Morgan fingerprint density at radius 3 is 2.95 bits per heavy atom. The van der Waals surface area contributed by atoms with Gasteiger partial charge in [-0.15, -0.1) is 0 Å². The number of pyridine rings is 1. The number of hydroxylamine groups is 1. The van der Waals surface area contributed by atoms with Crippen LogP contribution >= 0.6 is 0 Å². The summed E-state index contributed by atoms with van der Waals surface area (Å²) in [6.45, 7) is 2.06. The van der Waals surface area contributed by atoms with Gasteiger partial charge in [0.25, 0.3) is 5.91 Å². The predicted octanol–water partition coefficient (Wildman–Crippen LogP) is 1.69. The van der Waals surface area contributed by atoms with Crippen LogP contribution in [0, 0.1) is 0 Å². The molecule has 0 aliphatic carbocycles. The molecule has 0 fully saturated rings. The van der Waals surface area contributed by atoms with Crippen LogP contribution in [0.3, 0.4) is 0 Å². The predicted molar refractivity (Wildman–Crippen MR) is 78.5 cm³/mol. The van der Waals surface area contributed by atoms with Gasteiger partial charge in [0.15, 0.2) is 11.4 Å². The highest BCUT2D eigenvalue weighted by molar-refractivity contribution is 5.79. The highest BCUT2D eigenvalue weighted by Gasteiger charge is 2.14. The van der Waals surface area contributed by atoms with E-state index >= 15 is 0 Å². The van der Waals surface area contributed by atoms with E-state index in [0.29, 0.717) is 11.5 Å². The van der Waals surface area contributed by atoms with Crippen molar-refractivity contribution in [1.29, 1.82) is 0 Å². The molecule has 0 aliphatic rings. The van der Waals surface area contributed by atoms with Gasteiger partial charge < -0.3 is 10.4 Å². The Morgan fingerprint density at radius 2 is 2.24 bits per heavy atom. The molecule has 7 nitrogen and oxygen atoms in total. The van der Waals surface area contributed by atoms with E-state index in [4.69, 9.17) is 5.21 Å². The molecule has 7 heteroatoms. The molecule has 0 aliphatic heterocycles. The van der Waals surface area contributed by atoms with Gasteiger partial charge >= 0.3 is 0 Å². The van der Waals surface area contributed by atoms with Crippen LogP contribution in [0.4, 0.5) is 5.82 Å². The molecule has 0 unspecified atom stereocenters. The fourth-order valence-electron chi connectivity index (χ4n) is 2.21. The Morgan fingerprint density at radius 1 is 1.43 bits per heavy atom. The van der Waals surface area contributed by atoms with Gasteiger partial charge in [-0.3, -0.25) is 14.4 Å². The number of imidazole rings is 1. The Hall–Kier alpha value is -2.28. The van der Waals surface area contributed by atoms with E-state index in [1.807, 2.05) is 0 Å². The van der Waals surface area contributed by atoms with Gasteiger partial charge in [-0.25, -0.2) is 10.5 Å². The van der Waals surface area contributed by atoms with Crippen LogP contribution < -0.4 is 10.8 Å². The molecule has 0 aromatic carbocycles. The molecule has 0 saturated carbocycles. The first kappa shape index (κ1) is 15.1. The van der Waals surface area contributed by atoms with E-state index in [-0.39, 0.29) is 12.3 Å². The van der Waals surface area contributed by atoms with E-state index in [0.717, 1.165) is 31.4 Å². The molecular weight excluding hydrogens is 272 g/mol. The number of rotatable bonds is 7. The average molecular weight is 292 g/mol. The maximum atomic E-state index is 11.2. The number of aryl methyl sites for hydroxylation is 1. The van der Waals surface area contributed by atoms with Gasteiger partial charge in [0.05, 0.1) is 12.2 Å². The van der Waals surface area contributed by atoms with E-state index in [2.05, 4.69) is 17.2 Å². The number of unbranched alkanes of at least 4 members (excludes halogenated alkanes) is 2. The smallest absolute Gasteiger partial charge is 0.262 e. The quantitative estimate of drug-likeness (QED) is 0.353. The SMILES string of the molecule is CCCCCc1nc2c(O)cccn2c1NCC(=O)NO. The molecule has 4 N–H and O–H groups in total. The Kier molecular flexibility index (Phi) is 4.99. The van der Waals surface area contributed by atoms with Gasteiger partial charge in [-0.05, 0) is 25.0 Å². The average Bonchev–Trinajstić information content (AvgIpc) is 2.84. The van der Waals surface area contributed by atoms with Gasteiger partial charge in [0, 0.05) is 6.20 Å². The molecule has 0 saturated heterocycles. The van der Waals surface area contributed by atoms with Crippen LogP contribution in [0.15, 0.2) is 18.3 Å². The number of anilines is 1. The molecule has 21 heavy (non-hydrogen) atoms. The molecule has 0 radical (unpaired) electrons. The normalized spacial score (nSPS) is 10.8. The van der Waals surface area contributed by atoms with E-state index < -0.39 is 5.91 Å². The van der Waals surface area contributed by atoms with Crippen molar-refractivity contribution in [3.63, 3.8) is 0 Å². The second-order valence-corrected chi connectivity index (χ2v) is 4.84. The second-order valence-electron chi connectivity index (χ2n) is 4.84. The molecule has 2 heterocycles. The number of hydrogen-bond donors (Lipinski definition) is 4. The summed E-state index contributed by atoms with van der Waals surface area (Å²) in [4.78, 5) is 15.6. The maximum absolute atomic E-state index is 11.2. The Labute approximate surface area is 122 Å². The summed E-state index contributed by atoms with van der Waals surface area (Å²) in [5, 5.41) is 21.4. The number of nitrogens with zero attached hydrogens (tertiary/aromatic N) is 2. The molecule has 1 amide bonds. The molecular formula is C14H20N4O3. The van der Waals surface area contributed by atoms with E-state index in [9.17, 15) is 9.90 Å². The van der Waals surface area contributed by atoms with Crippen molar-refractivity contribution in [3.05, 3.63) is 24.0 Å². The van der Waals surface area contributed by atoms with Crippen LogP contribution in [0.2, 0.25) is 0 Å². The summed E-state index contributed by atoms with van der Waals surface area (Å²) in [7, 11) is 0. The minimum atomic E-state index is -0.537. The van der Waals surface area contributed by atoms with Gasteiger partial charge in [-0.1, -0.05) is 19.8 Å². The van der Waals surface area contributed by atoms with Crippen LogP contribution in [-0.4, -0.2) is 32.2 Å². The molecule has 0 atom stereocenters. The first-order valence-corrected chi connectivity index (χ1v) is 7.03. The first-order valence-electron chi connectivity index (χ1n) is 7.03. The standard InChI is InChI=1S/C14H20N4O3/c1-2-3-4-6-10-13(15-9-12(20)17-21)18-8-5-7-11(19)14(18)16-10/h5,7-8,15,19,21H,2-4,6,9H2,1H3,(H,17,20). The van der Waals surface area contributed by atoms with Crippen molar-refractivity contribution in [3.8, 4) is 5.75 Å². The van der Waals surface area contributed by atoms with Crippen molar-refractivity contribution >= 4 is 17.4 Å². The van der Waals surface area contributed by atoms with Crippen molar-refractivity contribution in [2.75, 3.05) is 11.9 Å². The lowest BCUT2D eigenvalue weighted by atomic mass is 10.1. The van der Waals surface area contributed by atoms with Crippen molar-refractivity contribution in [1.82, 2.24) is 14.9 Å². The van der Waals surface area contributed by atoms with E-state index in [1.54, 1.807) is 28.2 Å². The minimum Gasteiger partial charge on any atom is -0.504 e. The Balaban J connectivity index is 2.30. The van der Waals surface area contributed by atoms with Crippen LogP contribution in [0.5, 0.6) is 5.75 Å². The number of aromatic hydroxyl groups is 1. The van der Waals surface area contributed by atoms with Crippen molar-refractivity contribution < 1.29 is 15.1 Å². The number of carbonyl (C=O) groups excluding carboxylic acids is 1. The molecule has 2 aromatic rings. The van der Waals surface area contributed by atoms with Crippen LogP contribution in [-0.2, 0) is 11.2 Å². The largest absolute Gasteiger partial charge is 0.504 e. The summed E-state index contributed by atoms with van der Waals surface area (Å²) in [5.41, 5.74) is 2.83. The highest BCUT2D eigenvalue weighted by Crippen LogP contribution is 2.25. The lowest BCUT2D eigenvalue weighted by molar-refractivity contribution is -0.127. The molecule has 2 aromatic heterocycles. The van der Waals surface area contributed by atoms with Gasteiger partial charge in [-0.2, -0.15) is 0 Å². The number of aromatic nitrogens is 2. The third-order valence-corrected chi connectivity index (χ3v) is 3.26. The molecule has 114 valence electrons. The number of amides is 1. The zero-order valence-corrected chi connectivity index (χ0v) is 12.0. The fraction of sp³-hybridized carbons (Fsp3) is 0.429. The fourth-order valence-corrected chi connectivity index (χ4v) is 2.21. The van der Waals surface area contributed by atoms with Gasteiger partial charge in [0.1, 0.15) is 5.82 Å². The third kappa shape index (κ3) is 3.43. The molecule has 0 spiro atoms. The zero-order chi connectivity index (χ0) is 15.2. The first-order chi connectivity index (χ1) is 10.2. The summed E-state index contributed by atoms with van der Waals surface area (Å²) in [6, 6.07) is 3.28. The molecule has 0 bridgehead atoms. The summed E-state index contributed by atoms with van der Waals surface area (Å²) in [6.07, 6.45) is 5.72. The minimum absolute atomic E-state index is 0.0687.